The maximum Gasteiger partial charge on any atom is 0.360 e. The number of thioether (sulfide) groups is 1. The van der Waals surface area contributed by atoms with Crippen LogP contribution < -0.4 is 5.32 Å². The van der Waals surface area contributed by atoms with Gasteiger partial charge in [-0.15, -0.1) is 0 Å². The third-order valence-electron chi connectivity index (χ3n) is 2.84. The second-order valence-electron chi connectivity index (χ2n) is 3.71. The van der Waals surface area contributed by atoms with Gasteiger partial charge in [-0.2, -0.15) is 0 Å². The van der Waals surface area contributed by atoms with E-state index < -0.39 is 5.97 Å². The first-order chi connectivity index (χ1) is 7.67. The molecule has 5 nitrogen and oxygen atoms in total. The molecule has 0 radical (unpaired) electrons. The number of aliphatic carboxylic acids is 1. The average Bonchev–Trinajstić information content (AvgIpc) is 2.71. The molecule has 2 aliphatic rings. The first-order valence-corrected chi connectivity index (χ1v) is 5.94. The van der Waals surface area contributed by atoms with Crippen molar-refractivity contribution in [3.05, 3.63) is 11.3 Å². The summed E-state index contributed by atoms with van der Waals surface area (Å²) in [6.07, 6.45) is 3.03. The first kappa shape index (κ1) is 11.2. The predicted octanol–water partition coefficient (Wildman–Crippen LogP) is 0.870. The average molecular weight is 239 g/mol. The summed E-state index contributed by atoms with van der Waals surface area (Å²) in [5.74, 6) is -0.953. The zero-order valence-corrected chi connectivity index (χ0v) is 9.67. The van der Waals surface area contributed by atoms with Crippen LogP contribution in [-0.2, 0) is 4.79 Å². The molecule has 3 N–H and O–H groups in total. The molecular formula is C10H13N3O2S. The standard InChI is InChI=1S/C10H13N3O2S/c1-12-7-5(4-11)2-3-6-8(7)13-9(16-6)10(14)15/h4,6,8,11-12H,2-3H2,1H3,(H,14,15). The van der Waals surface area contributed by atoms with E-state index in [-0.39, 0.29) is 16.3 Å². The molecule has 1 aliphatic heterocycles. The van der Waals surface area contributed by atoms with E-state index in [4.69, 9.17) is 10.5 Å². The summed E-state index contributed by atoms with van der Waals surface area (Å²) in [5.41, 5.74) is 1.83. The van der Waals surface area contributed by atoms with Gasteiger partial charge in [0.15, 0.2) is 5.04 Å². The second kappa shape index (κ2) is 4.29. The maximum absolute atomic E-state index is 10.9. The van der Waals surface area contributed by atoms with E-state index in [1.165, 1.54) is 18.0 Å². The smallest absolute Gasteiger partial charge is 0.360 e. The summed E-state index contributed by atoms with van der Waals surface area (Å²) in [6, 6.07) is -0.119. The lowest BCUT2D eigenvalue weighted by molar-refractivity contribution is -0.129. The highest BCUT2D eigenvalue weighted by atomic mass is 32.2. The van der Waals surface area contributed by atoms with Gasteiger partial charge in [-0.1, -0.05) is 11.8 Å². The van der Waals surface area contributed by atoms with Crippen LogP contribution in [0.5, 0.6) is 0 Å². The summed E-state index contributed by atoms with van der Waals surface area (Å²) >= 11 is 1.34. The quantitative estimate of drug-likeness (QED) is 0.638. The minimum atomic E-state index is -0.953. The number of nitrogens with zero attached hydrogens (tertiary/aromatic N) is 1. The number of likely N-dealkylation sites (N-methyl/N-ethyl adjacent to an activating group) is 1. The number of hydrogen-bond acceptors (Lipinski definition) is 5. The molecule has 2 atom stereocenters. The van der Waals surface area contributed by atoms with Crippen LogP contribution in [0, 0.1) is 5.41 Å². The lowest BCUT2D eigenvalue weighted by Gasteiger charge is -2.27. The number of carbonyl (C=O) groups is 1. The number of rotatable bonds is 3. The summed E-state index contributed by atoms with van der Waals surface area (Å²) in [6.45, 7) is 0. The van der Waals surface area contributed by atoms with Gasteiger partial charge >= 0.3 is 5.97 Å². The van der Waals surface area contributed by atoms with Crippen LogP contribution in [0.25, 0.3) is 0 Å². The van der Waals surface area contributed by atoms with Crippen molar-refractivity contribution in [2.45, 2.75) is 24.1 Å². The third kappa shape index (κ3) is 1.73. The number of hydrogen-bond donors (Lipinski definition) is 3. The Morgan fingerprint density at radius 3 is 3.06 bits per heavy atom. The molecule has 1 aliphatic carbocycles. The van der Waals surface area contributed by atoms with E-state index >= 15 is 0 Å². The second-order valence-corrected chi connectivity index (χ2v) is 4.94. The number of carboxylic acid groups (broad SMARTS) is 1. The summed E-state index contributed by atoms with van der Waals surface area (Å²) in [4.78, 5) is 15.1. The van der Waals surface area contributed by atoms with Crippen LogP contribution in [0.2, 0.25) is 0 Å². The number of nitrogens with one attached hydrogen (secondary N) is 2. The van der Waals surface area contributed by atoms with Gasteiger partial charge in [0, 0.05) is 24.2 Å². The van der Waals surface area contributed by atoms with Crippen molar-refractivity contribution < 1.29 is 9.90 Å². The van der Waals surface area contributed by atoms with E-state index in [1.807, 2.05) is 0 Å². The van der Waals surface area contributed by atoms with E-state index in [2.05, 4.69) is 10.3 Å². The van der Waals surface area contributed by atoms with E-state index in [0.29, 0.717) is 0 Å². The molecule has 0 amide bonds. The fourth-order valence-corrected chi connectivity index (χ4v) is 3.22. The molecule has 6 heteroatoms. The monoisotopic (exact) mass is 239 g/mol. The van der Waals surface area contributed by atoms with Crippen LogP contribution in [0.4, 0.5) is 0 Å². The zero-order valence-electron chi connectivity index (χ0n) is 8.86. The Bertz CT molecular complexity index is 403. The summed E-state index contributed by atoms with van der Waals surface area (Å²) in [5, 5.41) is 19.7. The fraction of sp³-hybridized carbons (Fsp3) is 0.500. The molecule has 0 saturated heterocycles. The van der Waals surface area contributed by atoms with Crippen molar-refractivity contribution >= 4 is 29.0 Å². The van der Waals surface area contributed by atoms with Crippen molar-refractivity contribution in [3.63, 3.8) is 0 Å². The van der Waals surface area contributed by atoms with Gasteiger partial charge in [-0.05, 0) is 18.4 Å². The largest absolute Gasteiger partial charge is 0.476 e. The third-order valence-corrected chi connectivity index (χ3v) is 4.14. The van der Waals surface area contributed by atoms with Crippen LogP contribution in [0.15, 0.2) is 16.3 Å². The molecule has 0 spiro atoms. The Labute approximate surface area is 97.5 Å². The minimum Gasteiger partial charge on any atom is -0.476 e. The number of aliphatic imine (C=N–C) groups is 1. The lowest BCUT2D eigenvalue weighted by Crippen LogP contribution is -2.32. The summed E-state index contributed by atoms with van der Waals surface area (Å²) < 4.78 is 0. The Kier molecular flexibility index (Phi) is 3.00. The van der Waals surface area contributed by atoms with E-state index in [0.717, 1.165) is 24.1 Å². The van der Waals surface area contributed by atoms with Crippen molar-refractivity contribution in [2.24, 2.45) is 4.99 Å². The van der Waals surface area contributed by atoms with Crippen molar-refractivity contribution in [1.29, 1.82) is 5.41 Å². The predicted molar refractivity (Wildman–Crippen MR) is 64.3 cm³/mol. The van der Waals surface area contributed by atoms with Gasteiger partial charge in [-0.25, -0.2) is 4.79 Å². The van der Waals surface area contributed by atoms with Crippen LogP contribution in [0.3, 0.4) is 0 Å². The number of fused-ring (bicyclic) bond motifs is 1. The molecular weight excluding hydrogens is 226 g/mol. The molecule has 0 bridgehead atoms. The minimum absolute atomic E-state index is 0.119. The summed E-state index contributed by atoms with van der Waals surface area (Å²) in [7, 11) is 1.79. The molecule has 0 fully saturated rings. The molecule has 0 aromatic rings. The van der Waals surface area contributed by atoms with Gasteiger partial charge in [-0.3, -0.25) is 4.99 Å². The molecule has 86 valence electrons. The Balaban J connectivity index is 2.34. The van der Waals surface area contributed by atoms with Crippen LogP contribution >= 0.6 is 11.8 Å². The molecule has 0 saturated carbocycles. The first-order valence-electron chi connectivity index (χ1n) is 5.06. The zero-order chi connectivity index (χ0) is 11.7. The van der Waals surface area contributed by atoms with E-state index in [1.54, 1.807) is 7.05 Å². The van der Waals surface area contributed by atoms with E-state index in [9.17, 15) is 4.79 Å². The van der Waals surface area contributed by atoms with Gasteiger partial charge in [0.25, 0.3) is 0 Å². The molecule has 0 aromatic heterocycles. The molecule has 1 heterocycles. The van der Waals surface area contributed by atoms with Crippen molar-refractivity contribution in [2.75, 3.05) is 7.05 Å². The number of allylic oxidation sites excluding steroid dienone is 1. The molecule has 2 unspecified atom stereocenters. The van der Waals surface area contributed by atoms with Gasteiger partial charge in [0.05, 0.1) is 0 Å². The van der Waals surface area contributed by atoms with Crippen LogP contribution in [-0.4, -0.2) is 40.7 Å². The SMILES string of the molecule is CNC1=C(C=N)CCC2SC(C(=O)O)=NC12. The molecule has 0 aromatic carbocycles. The highest BCUT2D eigenvalue weighted by Crippen LogP contribution is 2.38. The van der Waals surface area contributed by atoms with Gasteiger partial charge in [0.1, 0.15) is 6.04 Å². The van der Waals surface area contributed by atoms with Crippen molar-refractivity contribution in [3.8, 4) is 0 Å². The Morgan fingerprint density at radius 1 is 1.75 bits per heavy atom. The fourth-order valence-electron chi connectivity index (χ4n) is 2.10. The van der Waals surface area contributed by atoms with Crippen molar-refractivity contribution in [1.82, 2.24) is 5.32 Å². The highest BCUT2D eigenvalue weighted by Gasteiger charge is 2.38. The van der Waals surface area contributed by atoms with Gasteiger partial charge in [0.2, 0.25) is 0 Å². The topological polar surface area (TPSA) is 85.5 Å². The normalized spacial score (nSPS) is 28.4. The van der Waals surface area contributed by atoms with Crippen LogP contribution in [0.1, 0.15) is 12.8 Å². The Morgan fingerprint density at radius 2 is 2.50 bits per heavy atom. The highest BCUT2D eigenvalue weighted by molar-refractivity contribution is 8.16. The lowest BCUT2D eigenvalue weighted by atomic mass is 9.92. The molecule has 2 rings (SSSR count). The maximum atomic E-state index is 10.9. The van der Waals surface area contributed by atoms with Gasteiger partial charge < -0.3 is 15.8 Å². The Hall–Kier alpha value is -1.30. The molecule has 16 heavy (non-hydrogen) atoms. The number of carboxylic acids is 1.